The molecule has 0 atom stereocenters. The molecule has 1 N–H and O–H groups in total. The normalized spacial score (nSPS) is 11.5. The highest BCUT2D eigenvalue weighted by molar-refractivity contribution is 6.30. The molecule has 2 aromatic rings. The largest absolute Gasteiger partial charge is 0.378 e. The van der Waals surface area contributed by atoms with Crippen LogP contribution in [0.15, 0.2) is 41.5 Å². The highest BCUT2D eigenvalue weighted by atomic mass is 35.5. The molecule has 130 valence electrons. The minimum Gasteiger partial charge on any atom is -0.378 e. The van der Waals surface area contributed by atoms with E-state index in [4.69, 9.17) is 11.6 Å². The molecule has 0 aliphatic rings. The first-order valence-corrected chi connectivity index (χ1v) is 8.27. The topological polar surface area (TPSA) is 35.8 Å². The zero-order valence-electron chi connectivity index (χ0n) is 15.0. The predicted octanol–water partition coefficient (Wildman–Crippen LogP) is 2.95. The molecule has 0 aliphatic heterocycles. The van der Waals surface area contributed by atoms with Crippen molar-refractivity contribution in [3.8, 4) is 0 Å². The molecule has 0 spiro atoms. The lowest BCUT2D eigenvalue weighted by Gasteiger charge is -2.22. The number of hydrogen-bond acceptors (Lipinski definition) is 2. The fraction of sp³-hybridized carbons (Fsp3) is 0.389. The molecule has 1 heterocycles. The van der Waals surface area contributed by atoms with Gasteiger partial charge < -0.3 is 19.7 Å². The number of aliphatic imine (C=N–C) groups is 1. The Balaban J connectivity index is 1.95. The Morgan fingerprint density at radius 2 is 1.88 bits per heavy atom. The van der Waals surface area contributed by atoms with E-state index in [-0.39, 0.29) is 0 Å². The Morgan fingerprint density at radius 3 is 2.38 bits per heavy atom. The summed E-state index contributed by atoms with van der Waals surface area (Å²) in [5.41, 5.74) is 3.55. The van der Waals surface area contributed by atoms with Gasteiger partial charge >= 0.3 is 0 Å². The van der Waals surface area contributed by atoms with Crippen molar-refractivity contribution in [3.63, 3.8) is 0 Å². The maximum absolute atomic E-state index is 6.05. The fourth-order valence-electron chi connectivity index (χ4n) is 2.52. The third-order valence-corrected chi connectivity index (χ3v) is 4.16. The van der Waals surface area contributed by atoms with Gasteiger partial charge in [0.05, 0.1) is 11.6 Å². The van der Waals surface area contributed by atoms with Crippen LogP contribution in [0.25, 0.3) is 0 Å². The number of aromatic nitrogens is 1. The van der Waals surface area contributed by atoms with Crippen LogP contribution in [0.3, 0.4) is 0 Å². The molecule has 0 unspecified atom stereocenters. The zero-order chi connectivity index (χ0) is 17.7. The van der Waals surface area contributed by atoms with Gasteiger partial charge in [-0.3, -0.25) is 4.99 Å². The lowest BCUT2D eigenvalue weighted by atomic mass is 10.2. The molecule has 24 heavy (non-hydrogen) atoms. The Morgan fingerprint density at radius 1 is 1.21 bits per heavy atom. The number of nitrogens with one attached hydrogen (secondary N) is 1. The monoisotopic (exact) mass is 347 g/mol. The molecular formula is C18H26ClN5. The summed E-state index contributed by atoms with van der Waals surface area (Å²) in [7, 11) is 9.90. The summed E-state index contributed by atoms with van der Waals surface area (Å²) in [4.78, 5) is 8.54. The molecular weight excluding hydrogens is 322 g/mol. The van der Waals surface area contributed by atoms with Crippen LogP contribution >= 0.6 is 11.6 Å². The Bertz CT molecular complexity index is 688. The highest BCUT2D eigenvalue weighted by Crippen LogP contribution is 2.14. The summed E-state index contributed by atoms with van der Waals surface area (Å²) < 4.78 is 2.03. The molecule has 2 rings (SSSR count). The van der Waals surface area contributed by atoms with Crippen molar-refractivity contribution < 1.29 is 0 Å². The molecule has 1 aromatic heterocycles. The van der Waals surface area contributed by atoms with Gasteiger partial charge in [0.25, 0.3) is 0 Å². The van der Waals surface area contributed by atoms with Gasteiger partial charge in [0.2, 0.25) is 0 Å². The van der Waals surface area contributed by atoms with Crippen LogP contribution in [-0.2, 0) is 20.1 Å². The van der Waals surface area contributed by atoms with Crippen LogP contribution in [0.1, 0.15) is 11.3 Å². The van der Waals surface area contributed by atoms with Gasteiger partial charge in [-0.1, -0.05) is 23.7 Å². The minimum absolute atomic E-state index is 0.735. The van der Waals surface area contributed by atoms with E-state index < -0.39 is 0 Å². The third kappa shape index (κ3) is 4.68. The van der Waals surface area contributed by atoms with E-state index in [1.165, 1.54) is 11.3 Å². The second kappa shape index (κ2) is 8.11. The SMILES string of the molecule is CN=C(NCc1ccc(N(C)C)cc1)N(C)Cc1cc(Cl)cn1C. The maximum Gasteiger partial charge on any atom is 0.194 e. The average molecular weight is 348 g/mol. The number of rotatable bonds is 5. The molecule has 5 nitrogen and oxygen atoms in total. The van der Waals surface area contributed by atoms with Crippen molar-refractivity contribution in [1.82, 2.24) is 14.8 Å². The molecule has 0 bridgehead atoms. The maximum atomic E-state index is 6.05. The first kappa shape index (κ1) is 18.2. The highest BCUT2D eigenvalue weighted by Gasteiger charge is 2.09. The second-order valence-corrected chi connectivity index (χ2v) is 6.51. The average Bonchev–Trinajstić information content (AvgIpc) is 2.85. The van der Waals surface area contributed by atoms with Crippen molar-refractivity contribution in [3.05, 3.63) is 52.8 Å². The van der Waals surface area contributed by atoms with Crippen LogP contribution in [0.2, 0.25) is 5.02 Å². The molecule has 0 aliphatic carbocycles. The number of halogens is 1. The number of nitrogens with zero attached hydrogens (tertiary/aromatic N) is 4. The van der Waals surface area contributed by atoms with Crippen molar-refractivity contribution in [1.29, 1.82) is 0 Å². The van der Waals surface area contributed by atoms with Gasteiger partial charge in [0.15, 0.2) is 5.96 Å². The van der Waals surface area contributed by atoms with E-state index in [9.17, 15) is 0 Å². The lowest BCUT2D eigenvalue weighted by molar-refractivity contribution is 0.461. The van der Waals surface area contributed by atoms with E-state index in [1.54, 1.807) is 7.05 Å². The summed E-state index contributed by atoms with van der Waals surface area (Å²) >= 11 is 6.05. The van der Waals surface area contributed by atoms with Gasteiger partial charge in [-0.05, 0) is 23.8 Å². The first-order valence-electron chi connectivity index (χ1n) is 7.89. The van der Waals surface area contributed by atoms with Crippen molar-refractivity contribution in [2.24, 2.45) is 12.0 Å². The zero-order valence-corrected chi connectivity index (χ0v) is 15.8. The molecule has 6 heteroatoms. The van der Waals surface area contributed by atoms with Gasteiger partial charge in [-0.25, -0.2) is 0 Å². The summed E-state index contributed by atoms with van der Waals surface area (Å²) in [6, 6.07) is 10.5. The molecule has 0 saturated carbocycles. The quantitative estimate of drug-likeness (QED) is 0.667. The van der Waals surface area contributed by atoms with Gasteiger partial charge in [0.1, 0.15) is 0 Å². The number of guanidine groups is 1. The van der Waals surface area contributed by atoms with E-state index in [2.05, 4.69) is 44.4 Å². The molecule has 0 fully saturated rings. The Kier molecular flexibility index (Phi) is 6.15. The van der Waals surface area contributed by atoms with Gasteiger partial charge in [-0.15, -0.1) is 0 Å². The number of benzene rings is 1. The van der Waals surface area contributed by atoms with Crippen LogP contribution in [0.4, 0.5) is 5.69 Å². The first-order chi connectivity index (χ1) is 11.4. The van der Waals surface area contributed by atoms with E-state index in [1.807, 2.05) is 45.0 Å². The standard InChI is InChI=1S/C18H26ClN5/c1-20-18(24(5)13-17-10-15(19)12-23(17)4)21-11-14-6-8-16(9-7-14)22(2)3/h6-10,12H,11,13H2,1-5H3,(H,20,21). The van der Waals surface area contributed by atoms with Gasteiger partial charge in [0, 0.05) is 59.4 Å². The Labute approximate surface area is 149 Å². The number of hydrogen-bond donors (Lipinski definition) is 1. The van der Waals surface area contributed by atoms with E-state index in [0.717, 1.165) is 29.8 Å². The smallest absolute Gasteiger partial charge is 0.194 e. The van der Waals surface area contributed by atoms with E-state index >= 15 is 0 Å². The van der Waals surface area contributed by atoms with Crippen LogP contribution in [0, 0.1) is 0 Å². The lowest BCUT2D eigenvalue weighted by Crippen LogP contribution is -2.38. The Hall–Kier alpha value is -2.14. The summed E-state index contributed by atoms with van der Waals surface area (Å²) in [6.07, 6.45) is 1.91. The van der Waals surface area contributed by atoms with Crippen LogP contribution in [0.5, 0.6) is 0 Å². The van der Waals surface area contributed by atoms with Gasteiger partial charge in [-0.2, -0.15) is 0 Å². The molecule has 0 amide bonds. The molecule has 0 saturated heterocycles. The fourth-order valence-corrected chi connectivity index (χ4v) is 2.79. The van der Waals surface area contributed by atoms with Crippen molar-refractivity contribution in [2.75, 3.05) is 33.1 Å². The van der Waals surface area contributed by atoms with Crippen molar-refractivity contribution in [2.45, 2.75) is 13.1 Å². The number of anilines is 1. The summed E-state index contributed by atoms with van der Waals surface area (Å²) in [5, 5.41) is 4.16. The number of aryl methyl sites for hydroxylation is 1. The second-order valence-electron chi connectivity index (χ2n) is 6.08. The summed E-state index contributed by atoms with van der Waals surface area (Å²) in [5.74, 6) is 0.851. The summed E-state index contributed by atoms with van der Waals surface area (Å²) in [6.45, 7) is 1.47. The third-order valence-electron chi connectivity index (χ3n) is 3.95. The van der Waals surface area contributed by atoms with Crippen LogP contribution in [-0.4, -0.2) is 43.6 Å². The van der Waals surface area contributed by atoms with E-state index in [0.29, 0.717) is 0 Å². The minimum atomic E-state index is 0.735. The molecule has 0 radical (unpaired) electrons. The molecule has 1 aromatic carbocycles. The van der Waals surface area contributed by atoms with Crippen molar-refractivity contribution >= 4 is 23.2 Å². The predicted molar refractivity (Wildman–Crippen MR) is 103 cm³/mol. The van der Waals surface area contributed by atoms with Crippen LogP contribution < -0.4 is 10.2 Å².